The van der Waals surface area contributed by atoms with Gasteiger partial charge in [-0.2, -0.15) is 5.26 Å². The number of amides is 1. The van der Waals surface area contributed by atoms with E-state index >= 15 is 0 Å². The van der Waals surface area contributed by atoms with E-state index in [2.05, 4.69) is 5.32 Å². The van der Waals surface area contributed by atoms with Crippen LogP contribution in [0, 0.1) is 11.3 Å². The first-order valence-electron chi connectivity index (χ1n) is 4.28. The van der Waals surface area contributed by atoms with Crippen molar-refractivity contribution in [1.82, 2.24) is 5.32 Å². The van der Waals surface area contributed by atoms with Gasteiger partial charge in [-0.05, 0) is 12.1 Å². The van der Waals surface area contributed by atoms with Gasteiger partial charge in [0.25, 0.3) is 0 Å². The highest BCUT2D eigenvalue weighted by Crippen LogP contribution is 2.16. The highest BCUT2D eigenvalue weighted by molar-refractivity contribution is 6.18. The molecule has 0 aliphatic heterocycles. The zero-order valence-corrected chi connectivity index (χ0v) is 8.62. The first-order valence-corrected chi connectivity index (χ1v) is 4.82. The van der Waals surface area contributed by atoms with E-state index in [4.69, 9.17) is 21.6 Å². The Morgan fingerprint density at radius 3 is 2.93 bits per heavy atom. The van der Waals surface area contributed by atoms with Crippen molar-refractivity contribution >= 4 is 17.7 Å². The van der Waals surface area contributed by atoms with Gasteiger partial charge in [0.15, 0.2) is 5.75 Å². The van der Waals surface area contributed by atoms with Crippen LogP contribution in [0.4, 0.5) is 4.79 Å². The summed E-state index contributed by atoms with van der Waals surface area (Å²) in [6.45, 7) is 0.328. The van der Waals surface area contributed by atoms with Gasteiger partial charge in [-0.25, -0.2) is 4.79 Å². The maximum absolute atomic E-state index is 11.1. The van der Waals surface area contributed by atoms with Gasteiger partial charge in [-0.3, -0.25) is 0 Å². The quantitative estimate of drug-likeness (QED) is 0.798. The Morgan fingerprint density at radius 1 is 1.53 bits per heavy atom. The first-order chi connectivity index (χ1) is 7.27. The van der Waals surface area contributed by atoms with E-state index in [1.165, 1.54) is 0 Å². The van der Waals surface area contributed by atoms with Gasteiger partial charge in [0, 0.05) is 12.4 Å². The standard InChI is InChI=1S/C10H9ClN2O2/c11-5-6-13-10(14)15-9-4-2-1-3-8(9)7-12/h1-4H,5-6H2,(H,13,14). The minimum atomic E-state index is -0.613. The zero-order chi connectivity index (χ0) is 11.1. The number of nitriles is 1. The Labute approximate surface area is 92.4 Å². The Balaban J connectivity index is 2.64. The normalized spacial score (nSPS) is 9.07. The van der Waals surface area contributed by atoms with Crippen molar-refractivity contribution in [2.24, 2.45) is 0 Å². The van der Waals surface area contributed by atoms with Gasteiger partial charge < -0.3 is 10.1 Å². The van der Waals surface area contributed by atoms with Crippen LogP contribution in [0.3, 0.4) is 0 Å². The summed E-state index contributed by atoms with van der Waals surface area (Å²) in [7, 11) is 0. The lowest BCUT2D eigenvalue weighted by molar-refractivity contribution is 0.201. The molecule has 0 aliphatic carbocycles. The topological polar surface area (TPSA) is 62.1 Å². The van der Waals surface area contributed by atoms with Gasteiger partial charge >= 0.3 is 6.09 Å². The molecule has 0 saturated carbocycles. The van der Waals surface area contributed by atoms with E-state index < -0.39 is 6.09 Å². The lowest BCUT2D eigenvalue weighted by atomic mass is 10.2. The lowest BCUT2D eigenvalue weighted by Gasteiger charge is -2.05. The number of alkyl halides is 1. The molecule has 1 amide bonds. The molecule has 0 aromatic heterocycles. The fourth-order valence-electron chi connectivity index (χ4n) is 0.933. The van der Waals surface area contributed by atoms with Crippen LogP contribution >= 0.6 is 11.6 Å². The molecule has 0 radical (unpaired) electrons. The smallest absolute Gasteiger partial charge is 0.409 e. The highest BCUT2D eigenvalue weighted by Gasteiger charge is 2.06. The minimum absolute atomic E-state index is 0.243. The zero-order valence-electron chi connectivity index (χ0n) is 7.87. The number of rotatable bonds is 3. The molecular weight excluding hydrogens is 216 g/mol. The summed E-state index contributed by atoms with van der Waals surface area (Å²) in [5, 5.41) is 11.2. The average molecular weight is 225 g/mol. The number of halogens is 1. The van der Waals surface area contributed by atoms with Crippen molar-refractivity contribution in [2.45, 2.75) is 0 Å². The third kappa shape index (κ3) is 3.49. The number of para-hydroxylation sites is 1. The van der Waals surface area contributed by atoms with E-state index in [-0.39, 0.29) is 5.75 Å². The second-order valence-corrected chi connectivity index (χ2v) is 2.99. The number of nitrogens with one attached hydrogen (secondary N) is 1. The average Bonchev–Trinajstić information content (AvgIpc) is 2.27. The molecule has 78 valence electrons. The molecule has 1 N–H and O–H groups in total. The van der Waals surface area contributed by atoms with Crippen LogP contribution in [0.2, 0.25) is 0 Å². The Bertz CT molecular complexity index is 387. The van der Waals surface area contributed by atoms with Crippen LogP contribution in [-0.4, -0.2) is 18.5 Å². The van der Waals surface area contributed by atoms with Gasteiger partial charge in [0.05, 0.1) is 5.56 Å². The van der Waals surface area contributed by atoms with E-state index in [0.29, 0.717) is 18.0 Å². The molecule has 0 heterocycles. The number of carbonyl (C=O) groups is 1. The molecule has 0 bridgehead atoms. The highest BCUT2D eigenvalue weighted by atomic mass is 35.5. The Kier molecular flexibility index (Phi) is 4.45. The van der Waals surface area contributed by atoms with Crippen LogP contribution in [-0.2, 0) is 0 Å². The number of benzene rings is 1. The summed E-state index contributed by atoms with van der Waals surface area (Å²) in [6.07, 6.45) is -0.613. The third-order valence-electron chi connectivity index (χ3n) is 1.57. The SMILES string of the molecule is N#Cc1ccccc1OC(=O)NCCCl. The lowest BCUT2D eigenvalue weighted by Crippen LogP contribution is -2.28. The van der Waals surface area contributed by atoms with Gasteiger partial charge in [0.2, 0.25) is 0 Å². The molecule has 4 nitrogen and oxygen atoms in total. The summed E-state index contributed by atoms with van der Waals surface area (Å²) >= 11 is 5.38. The fourth-order valence-corrected chi connectivity index (χ4v) is 1.03. The van der Waals surface area contributed by atoms with E-state index in [9.17, 15) is 4.79 Å². The molecule has 0 spiro atoms. The Morgan fingerprint density at radius 2 is 2.27 bits per heavy atom. The molecule has 1 aromatic carbocycles. The number of hydrogen-bond acceptors (Lipinski definition) is 3. The van der Waals surface area contributed by atoms with Gasteiger partial charge in [0.1, 0.15) is 6.07 Å². The second kappa shape index (κ2) is 5.89. The molecule has 1 aromatic rings. The molecule has 15 heavy (non-hydrogen) atoms. The van der Waals surface area contributed by atoms with Crippen molar-refractivity contribution in [3.05, 3.63) is 29.8 Å². The molecule has 0 atom stereocenters. The molecule has 0 saturated heterocycles. The van der Waals surface area contributed by atoms with Crippen LogP contribution in [0.25, 0.3) is 0 Å². The molecule has 0 unspecified atom stereocenters. The summed E-state index contributed by atoms with van der Waals surface area (Å²) in [5.74, 6) is 0.557. The van der Waals surface area contributed by atoms with Crippen LogP contribution < -0.4 is 10.1 Å². The number of nitrogens with zero attached hydrogens (tertiary/aromatic N) is 1. The minimum Gasteiger partial charge on any atom is -0.409 e. The van der Waals surface area contributed by atoms with Crippen molar-refractivity contribution in [3.8, 4) is 11.8 Å². The van der Waals surface area contributed by atoms with E-state index in [1.807, 2.05) is 6.07 Å². The number of ether oxygens (including phenoxy) is 1. The summed E-state index contributed by atoms with van der Waals surface area (Å²) in [6, 6.07) is 8.44. The Hall–Kier alpha value is -1.73. The molecule has 0 fully saturated rings. The summed E-state index contributed by atoms with van der Waals surface area (Å²) in [5.41, 5.74) is 0.318. The second-order valence-electron chi connectivity index (χ2n) is 2.61. The van der Waals surface area contributed by atoms with E-state index in [0.717, 1.165) is 0 Å². The maximum Gasteiger partial charge on any atom is 0.412 e. The predicted octanol–water partition coefficient (Wildman–Crippen LogP) is 1.89. The maximum atomic E-state index is 11.1. The summed E-state index contributed by atoms with van der Waals surface area (Å²) < 4.78 is 4.91. The third-order valence-corrected chi connectivity index (χ3v) is 1.76. The largest absolute Gasteiger partial charge is 0.412 e. The monoisotopic (exact) mass is 224 g/mol. The van der Waals surface area contributed by atoms with Crippen molar-refractivity contribution in [1.29, 1.82) is 5.26 Å². The van der Waals surface area contributed by atoms with E-state index in [1.54, 1.807) is 24.3 Å². The number of hydrogen-bond donors (Lipinski definition) is 1. The van der Waals surface area contributed by atoms with Crippen LogP contribution in [0.1, 0.15) is 5.56 Å². The first kappa shape index (κ1) is 11.3. The van der Waals surface area contributed by atoms with Crippen molar-refractivity contribution in [3.63, 3.8) is 0 Å². The van der Waals surface area contributed by atoms with Crippen molar-refractivity contribution in [2.75, 3.05) is 12.4 Å². The van der Waals surface area contributed by atoms with Crippen molar-refractivity contribution < 1.29 is 9.53 Å². The summed E-state index contributed by atoms with van der Waals surface area (Å²) in [4.78, 5) is 11.1. The number of carbonyl (C=O) groups excluding carboxylic acids is 1. The fraction of sp³-hybridized carbons (Fsp3) is 0.200. The predicted molar refractivity (Wildman–Crippen MR) is 55.9 cm³/mol. The molecule has 1 rings (SSSR count). The van der Waals surface area contributed by atoms with Crippen LogP contribution in [0.15, 0.2) is 24.3 Å². The van der Waals surface area contributed by atoms with Crippen LogP contribution in [0.5, 0.6) is 5.75 Å². The van der Waals surface area contributed by atoms with Gasteiger partial charge in [-0.1, -0.05) is 12.1 Å². The van der Waals surface area contributed by atoms with Gasteiger partial charge in [-0.15, -0.1) is 11.6 Å². The molecule has 5 heteroatoms. The molecule has 0 aliphatic rings. The molecular formula is C10H9ClN2O2.